The Kier molecular flexibility index (Phi) is 10.6. The van der Waals surface area contributed by atoms with Gasteiger partial charge in [0.15, 0.2) is 0 Å². The first-order valence-electron chi connectivity index (χ1n) is 16.8. The number of esters is 1. The van der Waals surface area contributed by atoms with E-state index in [1.54, 1.807) is 50.5 Å². The normalized spacial score (nSPS) is 22.5. The smallest absolute Gasteiger partial charge is 0.339 e. The fraction of sp³-hybridized carbons (Fsp3) is 0.333. The number of benzene rings is 3. The van der Waals surface area contributed by atoms with E-state index >= 15 is 0 Å². The zero-order valence-electron chi connectivity index (χ0n) is 28.1. The van der Waals surface area contributed by atoms with Gasteiger partial charge in [0, 0.05) is 56.4 Å². The maximum absolute atomic E-state index is 14.2. The molecule has 2 heterocycles. The quantitative estimate of drug-likeness (QED) is 0.246. The van der Waals surface area contributed by atoms with Crippen LogP contribution in [0.2, 0.25) is 0 Å². The number of rotatable bonds is 10. The molecular weight excluding hydrogens is 638 g/mol. The summed E-state index contributed by atoms with van der Waals surface area (Å²) < 4.78 is 19.9. The van der Waals surface area contributed by atoms with Gasteiger partial charge >= 0.3 is 5.97 Å². The molecule has 6 rings (SSSR count). The van der Waals surface area contributed by atoms with Crippen LogP contribution in [-0.4, -0.2) is 96.7 Å². The van der Waals surface area contributed by atoms with Gasteiger partial charge in [0.2, 0.25) is 23.5 Å². The number of aliphatic hydroxyl groups excluding tert-OH is 1. The van der Waals surface area contributed by atoms with Crippen molar-refractivity contribution >= 4 is 29.8 Å². The molecule has 11 heteroatoms. The highest BCUT2D eigenvalue weighted by atomic mass is 16.8. The second kappa shape index (κ2) is 15.2. The third kappa shape index (κ3) is 7.11. The SMILES string of the molecule is CN(C)C(=O)C=Cc1ccccc1C(=O)O[C@@H]1CC(C(=O)N2CCC[C@@H]2C(=O)NCCO)=C[C@H]2OC(c3ccccc3)(c3ccccc3)O[C@H]21. The molecule has 11 nitrogen and oxygen atoms in total. The van der Waals surface area contributed by atoms with Crippen molar-refractivity contribution in [1.82, 2.24) is 15.1 Å². The number of nitrogens with one attached hydrogen (secondary N) is 1. The van der Waals surface area contributed by atoms with Crippen molar-refractivity contribution in [2.24, 2.45) is 0 Å². The Morgan fingerprint density at radius 2 is 1.62 bits per heavy atom. The molecule has 2 aliphatic heterocycles. The first-order chi connectivity index (χ1) is 24.2. The lowest BCUT2D eigenvalue weighted by Crippen LogP contribution is -2.49. The van der Waals surface area contributed by atoms with Gasteiger partial charge in [-0.25, -0.2) is 4.79 Å². The van der Waals surface area contributed by atoms with Crippen molar-refractivity contribution in [3.63, 3.8) is 0 Å². The molecule has 0 radical (unpaired) electrons. The Labute approximate surface area is 291 Å². The molecular formula is C39H41N3O8. The number of likely N-dealkylation sites (N-methyl/N-ethyl adjacent to an activating group) is 1. The highest BCUT2D eigenvalue weighted by Crippen LogP contribution is 2.47. The number of amides is 3. The maximum atomic E-state index is 14.2. The Morgan fingerprint density at radius 1 is 0.960 bits per heavy atom. The summed E-state index contributed by atoms with van der Waals surface area (Å²) in [4.78, 5) is 56.3. The molecule has 0 saturated carbocycles. The summed E-state index contributed by atoms with van der Waals surface area (Å²) >= 11 is 0. The molecule has 50 heavy (non-hydrogen) atoms. The van der Waals surface area contributed by atoms with Crippen LogP contribution >= 0.6 is 0 Å². The van der Waals surface area contributed by atoms with Gasteiger partial charge in [-0.1, -0.05) is 78.9 Å². The number of hydrogen-bond donors (Lipinski definition) is 2. The van der Waals surface area contributed by atoms with Crippen molar-refractivity contribution in [3.05, 3.63) is 125 Å². The summed E-state index contributed by atoms with van der Waals surface area (Å²) in [6.45, 7) is 0.265. The van der Waals surface area contributed by atoms with Crippen molar-refractivity contribution in [2.45, 2.75) is 49.4 Å². The molecule has 0 bridgehead atoms. The second-order valence-corrected chi connectivity index (χ2v) is 12.7. The van der Waals surface area contributed by atoms with E-state index in [0.29, 0.717) is 30.5 Å². The van der Waals surface area contributed by atoms with Gasteiger partial charge < -0.3 is 34.4 Å². The first-order valence-corrected chi connectivity index (χ1v) is 16.8. The summed E-state index contributed by atoms with van der Waals surface area (Å²) in [6.07, 6.45) is 3.30. The second-order valence-electron chi connectivity index (χ2n) is 12.7. The van der Waals surface area contributed by atoms with Gasteiger partial charge in [0.05, 0.1) is 12.2 Å². The Bertz CT molecular complexity index is 1730. The largest absolute Gasteiger partial charge is 0.456 e. The van der Waals surface area contributed by atoms with Crippen LogP contribution in [0.15, 0.2) is 103 Å². The summed E-state index contributed by atoms with van der Waals surface area (Å²) in [5, 5.41) is 11.9. The van der Waals surface area contributed by atoms with Gasteiger partial charge in [-0.2, -0.15) is 0 Å². The van der Waals surface area contributed by atoms with Gasteiger partial charge in [-0.15, -0.1) is 0 Å². The molecule has 0 unspecified atom stereocenters. The monoisotopic (exact) mass is 679 g/mol. The molecule has 0 spiro atoms. The minimum absolute atomic E-state index is 0.0212. The van der Waals surface area contributed by atoms with E-state index < -0.39 is 36.1 Å². The van der Waals surface area contributed by atoms with Crippen LogP contribution in [0, 0.1) is 0 Å². The zero-order valence-corrected chi connectivity index (χ0v) is 28.1. The van der Waals surface area contributed by atoms with Crippen molar-refractivity contribution in [3.8, 4) is 0 Å². The first kappa shape index (κ1) is 34.8. The van der Waals surface area contributed by atoms with E-state index in [9.17, 15) is 24.3 Å². The van der Waals surface area contributed by atoms with Crippen molar-refractivity contribution in [2.75, 3.05) is 33.8 Å². The Morgan fingerprint density at radius 3 is 2.28 bits per heavy atom. The number of likely N-dealkylation sites (tertiary alicyclic amines) is 1. The summed E-state index contributed by atoms with van der Waals surface area (Å²) in [5.74, 6) is -2.94. The molecule has 3 aromatic rings. The highest BCUT2D eigenvalue weighted by Gasteiger charge is 2.55. The number of aliphatic hydroxyl groups is 1. The average molecular weight is 680 g/mol. The average Bonchev–Trinajstić information content (AvgIpc) is 3.80. The van der Waals surface area contributed by atoms with Crippen LogP contribution in [0.3, 0.4) is 0 Å². The molecule has 2 saturated heterocycles. The Balaban J connectivity index is 1.36. The lowest BCUT2D eigenvalue weighted by Gasteiger charge is -2.33. The Hall–Kier alpha value is -5.10. The van der Waals surface area contributed by atoms with Crippen LogP contribution in [0.25, 0.3) is 6.08 Å². The minimum atomic E-state index is -1.37. The maximum Gasteiger partial charge on any atom is 0.339 e. The number of carbonyl (C=O) groups excluding carboxylic acids is 4. The van der Waals surface area contributed by atoms with Crippen LogP contribution in [-0.2, 0) is 34.4 Å². The summed E-state index contributed by atoms with van der Waals surface area (Å²) in [5.41, 5.74) is 2.54. The number of nitrogens with zero attached hydrogens (tertiary/aromatic N) is 2. The molecule has 260 valence electrons. The fourth-order valence-electron chi connectivity index (χ4n) is 6.69. The fourth-order valence-corrected chi connectivity index (χ4v) is 6.69. The number of fused-ring (bicyclic) bond motifs is 1. The van der Waals surface area contributed by atoms with Crippen molar-refractivity contribution < 1.29 is 38.5 Å². The van der Waals surface area contributed by atoms with E-state index in [4.69, 9.17) is 14.2 Å². The van der Waals surface area contributed by atoms with Gasteiger partial charge in [-0.05, 0) is 36.6 Å². The molecule has 3 amide bonds. The van der Waals surface area contributed by atoms with Crippen LogP contribution in [0.4, 0.5) is 0 Å². The highest BCUT2D eigenvalue weighted by molar-refractivity contribution is 5.99. The summed E-state index contributed by atoms with van der Waals surface area (Å²) in [6, 6.07) is 25.1. The summed E-state index contributed by atoms with van der Waals surface area (Å²) in [7, 11) is 3.28. The predicted molar refractivity (Wildman–Crippen MR) is 184 cm³/mol. The lowest BCUT2D eigenvalue weighted by molar-refractivity contribution is -0.157. The van der Waals surface area contributed by atoms with Crippen LogP contribution < -0.4 is 5.32 Å². The molecule has 3 aromatic carbocycles. The van der Waals surface area contributed by atoms with E-state index in [-0.39, 0.29) is 42.9 Å². The number of carbonyl (C=O) groups is 4. The molecule has 2 N–H and O–H groups in total. The lowest BCUT2D eigenvalue weighted by atomic mass is 9.91. The standard InChI is InChI=1S/C39H41N3O8/c1-41(2)34(44)20-19-26-12-9-10-17-30(26)38(47)48-32-24-27(37(46)42-22-11-18-31(42)36(45)40-21-23-43)25-33-35(32)50-39(49-33,28-13-5-3-6-14-28)29-15-7-4-8-16-29/h3-10,12-17,19-20,25,31-33,35,43H,11,18,21-24H2,1-2H3,(H,40,45)/t31-,32-,33-,35+/m1/s1. The van der Waals surface area contributed by atoms with E-state index in [0.717, 1.165) is 11.1 Å². The molecule has 1 aliphatic carbocycles. The van der Waals surface area contributed by atoms with Gasteiger partial charge in [0.25, 0.3) is 0 Å². The molecule has 3 aliphatic rings. The predicted octanol–water partition coefficient (Wildman–Crippen LogP) is 3.43. The van der Waals surface area contributed by atoms with E-state index in [1.807, 2.05) is 60.7 Å². The minimum Gasteiger partial charge on any atom is -0.456 e. The molecule has 0 aromatic heterocycles. The van der Waals surface area contributed by atoms with Gasteiger partial charge in [0.1, 0.15) is 24.4 Å². The third-order valence-corrected chi connectivity index (χ3v) is 9.18. The van der Waals surface area contributed by atoms with E-state index in [2.05, 4.69) is 5.32 Å². The van der Waals surface area contributed by atoms with Crippen LogP contribution in [0.5, 0.6) is 0 Å². The zero-order chi connectivity index (χ0) is 35.3. The van der Waals surface area contributed by atoms with Crippen LogP contribution in [0.1, 0.15) is 46.3 Å². The third-order valence-electron chi connectivity index (χ3n) is 9.18. The number of ether oxygens (including phenoxy) is 3. The van der Waals surface area contributed by atoms with Gasteiger partial charge in [-0.3, -0.25) is 14.4 Å². The topological polar surface area (TPSA) is 135 Å². The molecule has 4 atom stereocenters. The van der Waals surface area contributed by atoms with E-state index in [1.165, 1.54) is 15.9 Å². The van der Waals surface area contributed by atoms with Crippen molar-refractivity contribution in [1.29, 1.82) is 0 Å². The molecule has 2 fully saturated rings. The number of hydrogen-bond acceptors (Lipinski definition) is 8.